The number of halogens is 1. The molecule has 1 N–H and O–H groups in total. The van der Waals surface area contributed by atoms with E-state index in [0.29, 0.717) is 11.7 Å². The van der Waals surface area contributed by atoms with Crippen LogP contribution in [-0.2, 0) is 9.53 Å². The van der Waals surface area contributed by atoms with Crippen molar-refractivity contribution in [2.24, 2.45) is 0 Å². The lowest BCUT2D eigenvalue weighted by molar-refractivity contribution is -0.143. The lowest BCUT2D eigenvalue weighted by Crippen LogP contribution is -2.35. The molecule has 3 heterocycles. The third kappa shape index (κ3) is 4.10. The predicted molar refractivity (Wildman–Crippen MR) is 124 cm³/mol. The molecule has 2 aromatic heterocycles. The normalized spacial score (nSPS) is 18.0. The first-order valence-electron chi connectivity index (χ1n) is 10.5. The van der Waals surface area contributed by atoms with Gasteiger partial charge in [0.15, 0.2) is 5.11 Å². The van der Waals surface area contributed by atoms with E-state index in [1.54, 1.807) is 25.3 Å². The molecule has 1 aromatic carbocycles. The lowest BCUT2D eigenvalue weighted by Gasteiger charge is -2.27. The van der Waals surface area contributed by atoms with Gasteiger partial charge in [0.2, 0.25) is 0 Å². The Morgan fingerprint density at radius 3 is 2.62 bits per heavy atom. The van der Waals surface area contributed by atoms with E-state index in [9.17, 15) is 9.18 Å². The molecule has 1 fully saturated rings. The number of benzene rings is 1. The molecule has 2 atom stereocenters. The molecule has 0 saturated carbocycles. The van der Waals surface area contributed by atoms with Gasteiger partial charge < -0.3 is 19.5 Å². The van der Waals surface area contributed by atoms with E-state index in [1.807, 2.05) is 36.9 Å². The first-order chi connectivity index (χ1) is 15.4. The van der Waals surface area contributed by atoms with Crippen LogP contribution in [0.2, 0.25) is 0 Å². The summed E-state index contributed by atoms with van der Waals surface area (Å²) in [6.45, 7) is 6.15. The number of hydrogen-bond acceptors (Lipinski definition) is 4. The van der Waals surface area contributed by atoms with Crippen molar-refractivity contribution in [3.8, 4) is 5.69 Å². The van der Waals surface area contributed by atoms with E-state index in [-0.39, 0.29) is 30.4 Å². The van der Waals surface area contributed by atoms with Crippen molar-refractivity contribution >= 4 is 23.3 Å². The Labute approximate surface area is 192 Å². The molecule has 0 aliphatic carbocycles. The number of aromatic nitrogens is 2. The quantitative estimate of drug-likeness (QED) is 0.448. The molecule has 1 aliphatic rings. The van der Waals surface area contributed by atoms with Crippen molar-refractivity contribution in [3.05, 3.63) is 83.2 Å². The van der Waals surface area contributed by atoms with Gasteiger partial charge in [-0.15, -0.1) is 0 Å². The monoisotopic (exact) mass is 452 g/mol. The zero-order chi connectivity index (χ0) is 22.8. The van der Waals surface area contributed by atoms with Gasteiger partial charge in [0.1, 0.15) is 12.4 Å². The molecule has 0 spiro atoms. The minimum absolute atomic E-state index is 0.0356. The fourth-order valence-electron chi connectivity index (χ4n) is 4.33. The Hall–Kier alpha value is -3.26. The third-order valence-corrected chi connectivity index (χ3v) is 6.03. The lowest BCUT2D eigenvalue weighted by atomic mass is 9.97. The summed E-state index contributed by atoms with van der Waals surface area (Å²) in [6, 6.07) is 13.7. The van der Waals surface area contributed by atoms with Gasteiger partial charge in [-0.05, 0) is 81.0 Å². The first kappa shape index (κ1) is 22.0. The van der Waals surface area contributed by atoms with E-state index < -0.39 is 0 Å². The van der Waals surface area contributed by atoms with Crippen molar-refractivity contribution in [1.82, 2.24) is 19.8 Å². The highest BCUT2D eigenvalue weighted by Crippen LogP contribution is 2.41. The number of pyridine rings is 1. The number of rotatable bonds is 6. The molecule has 0 amide bonds. The van der Waals surface area contributed by atoms with Gasteiger partial charge in [0.25, 0.3) is 0 Å². The van der Waals surface area contributed by atoms with Crippen LogP contribution in [0.5, 0.6) is 0 Å². The van der Waals surface area contributed by atoms with E-state index >= 15 is 0 Å². The molecule has 0 bridgehead atoms. The number of hydrogen-bond donors (Lipinski definition) is 1. The van der Waals surface area contributed by atoms with Crippen molar-refractivity contribution in [2.45, 2.75) is 32.9 Å². The SMILES string of the molecule is CCOC(=O)CN1C(=S)N[C@H](c2ccccn2)[C@@H]1c1cc(C)n(-c2ccc(F)cc2)c1C. The van der Waals surface area contributed by atoms with Crippen LogP contribution >= 0.6 is 12.2 Å². The third-order valence-electron chi connectivity index (χ3n) is 5.68. The number of nitrogens with one attached hydrogen (secondary N) is 1. The number of aryl methyl sites for hydroxylation is 1. The molecule has 0 radical (unpaired) electrons. The standard InChI is InChI=1S/C24H25FN4O2S/c1-4-31-21(30)14-28-23(22(27-24(28)32)20-7-5-6-12-26-20)19-13-15(2)29(16(19)3)18-10-8-17(25)9-11-18/h5-13,22-23H,4,14H2,1-3H3,(H,27,32)/t22-,23+/m1/s1. The second-order valence-electron chi connectivity index (χ2n) is 7.70. The highest BCUT2D eigenvalue weighted by Gasteiger charge is 2.42. The van der Waals surface area contributed by atoms with Crippen LogP contribution in [0.1, 0.15) is 41.7 Å². The highest BCUT2D eigenvalue weighted by atomic mass is 32.1. The maximum absolute atomic E-state index is 13.5. The zero-order valence-corrected chi connectivity index (χ0v) is 19.0. The van der Waals surface area contributed by atoms with Gasteiger partial charge in [-0.2, -0.15) is 0 Å². The smallest absolute Gasteiger partial charge is 0.325 e. The summed E-state index contributed by atoms with van der Waals surface area (Å²) < 4.78 is 20.8. The van der Waals surface area contributed by atoms with Gasteiger partial charge >= 0.3 is 5.97 Å². The number of thiocarbonyl (C=S) groups is 1. The molecule has 1 saturated heterocycles. The largest absolute Gasteiger partial charge is 0.465 e. The van der Waals surface area contributed by atoms with E-state index in [2.05, 4.69) is 20.9 Å². The van der Waals surface area contributed by atoms with E-state index in [1.165, 1.54) is 12.1 Å². The second kappa shape index (κ2) is 9.08. The van der Waals surface area contributed by atoms with Crippen LogP contribution in [0.4, 0.5) is 4.39 Å². The average molecular weight is 453 g/mol. The van der Waals surface area contributed by atoms with Crippen molar-refractivity contribution < 1.29 is 13.9 Å². The van der Waals surface area contributed by atoms with Crippen LogP contribution in [0.25, 0.3) is 5.69 Å². The Morgan fingerprint density at radius 2 is 1.97 bits per heavy atom. The summed E-state index contributed by atoms with van der Waals surface area (Å²) in [5, 5.41) is 3.82. The zero-order valence-electron chi connectivity index (χ0n) is 18.2. The number of nitrogens with zero attached hydrogens (tertiary/aromatic N) is 3. The van der Waals surface area contributed by atoms with Crippen molar-refractivity contribution in [1.29, 1.82) is 0 Å². The molecular formula is C24H25FN4O2S. The summed E-state index contributed by atoms with van der Waals surface area (Å²) in [4.78, 5) is 18.8. The molecule has 8 heteroatoms. The minimum atomic E-state index is -0.337. The average Bonchev–Trinajstić information content (AvgIpc) is 3.25. The van der Waals surface area contributed by atoms with Crippen molar-refractivity contribution in [2.75, 3.05) is 13.2 Å². The first-order valence-corrected chi connectivity index (χ1v) is 10.9. The molecule has 32 heavy (non-hydrogen) atoms. The summed E-state index contributed by atoms with van der Waals surface area (Å²) >= 11 is 5.62. The van der Waals surface area contributed by atoms with Gasteiger partial charge in [-0.25, -0.2) is 4.39 Å². The summed E-state index contributed by atoms with van der Waals surface area (Å²) in [7, 11) is 0. The fraction of sp³-hybridized carbons (Fsp3) is 0.292. The fourth-order valence-corrected chi connectivity index (χ4v) is 4.64. The Kier molecular flexibility index (Phi) is 6.23. The number of carbonyl (C=O) groups is 1. The molecular weight excluding hydrogens is 427 g/mol. The van der Waals surface area contributed by atoms with Crippen LogP contribution in [-0.4, -0.2) is 38.7 Å². The molecule has 1 aliphatic heterocycles. The molecule has 3 aromatic rings. The van der Waals surface area contributed by atoms with Gasteiger partial charge in [0.05, 0.1) is 24.4 Å². The van der Waals surface area contributed by atoms with Crippen LogP contribution in [0, 0.1) is 19.7 Å². The topological polar surface area (TPSA) is 59.4 Å². The Bertz CT molecular complexity index is 1130. The van der Waals surface area contributed by atoms with Crippen LogP contribution in [0.3, 0.4) is 0 Å². The maximum atomic E-state index is 13.5. The van der Waals surface area contributed by atoms with E-state index in [4.69, 9.17) is 17.0 Å². The molecule has 4 rings (SSSR count). The molecule has 0 unspecified atom stereocenters. The predicted octanol–water partition coefficient (Wildman–Crippen LogP) is 4.16. The number of esters is 1. The minimum Gasteiger partial charge on any atom is -0.465 e. The second-order valence-corrected chi connectivity index (χ2v) is 8.08. The number of carbonyl (C=O) groups excluding carboxylic acids is 1. The number of ether oxygens (including phenoxy) is 1. The maximum Gasteiger partial charge on any atom is 0.325 e. The van der Waals surface area contributed by atoms with Gasteiger partial charge in [0, 0.05) is 23.3 Å². The summed E-state index contributed by atoms with van der Waals surface area (Å²) in [6.07, 6.45) is 1.74. The van der Waals surface area contributed by atoms with Gasteiger partial charge in [-0.3, -0.25) is 9.78 Å². The molecule has 6 nitrogen and oxygen atoms in total. The summed E-state index contributed by atoms with van der Waals surface area (Å²) in [5.74, 6) is -0.617. The van der Waals surface area contributed by atoms with E-state index in [0.717, 1.165) is 28.3 Å². The molecule has 166 valence electrons. The Balaban J connectivity index is 1.80. The van der Waals surface area contributed by atoms with Gasteiger partial charge in [-0.1, -0.05) is 6.07 Å². The highest BCUT2D eigenvalue weighted by molar-refractivity contribution is 7.80. The van der Waals surface area contributed by atoms with Crippen molar-refractivity contribution in [3.63, 3.8) is 0 Å². The van der Waals surface area contributed by atoms with Crippen LogP contribution < -0.4 is 5.32 Å². The van der Waals surface area contributed by atoms with Crippen LogP contribution in [0.15, 0.2) is 54.7 Å². The summed E-state index contributed by atoms with van der Waals surface area (Å²) in [5.41, 5.74) is 4.70. The Morgan fingerprint density at radius 1 is 1.22 bits per heavy atom.